The van der Waals surface area contributed by atoms with Crippen molar-refractivity contribution < 1.29 is 13.6 Å². The third-order valence-electron chi connectivity index (χ3n) is 5.64. The zero-order chi connectivity index (χ0) is 20.1. The van der Waals surface area contributed by atoms with Crippen molar-refractivity contribution in [2.45, 2.75) is 18.9 Å². The van der Waals surface area contributed by atoms with Crippen LogP contribution in [0.5, 0.6) is 0 Å². The van der Waals surface area contributed by atoms with E-state index in [1.54, 1.807) is 16.6 Å². The number of hydrogen-bond donors (Lipinski definition) is 2. The first-order valence-corrected chi connectivity index (χ1v) is 9.59. The average molecular weight is 401 g/mol. The Morgan fingerprint density at radius 2 is 2.07 bits per heavy atom. The summed E-state index contributed by atoms with van der Waals surface area (Å²) in [5, 5.41) is 14.4. The molecule has 2 bridgehead atoms. The van der Waals surface area contributed by atoms with Gasteiger partial charge >= 0.3 is 0 Å². The van der Waals surface area contributed by atoms with Crippen LogP contribution < -0.4 is 15.5 Å². The smallest absolute Gasteiger partial charge is 0.284 e. The van der Waals surface area contributed by atoms with Crippen molar-refractivity contribution in [3.8, 4) is 0 Å². The van der Waals surface area contributed by atoms with Crippen molar-refractivity contribution >= 4 is 22.9 Å². The summed E-state index contributed by atoms with van der Waals surface area (Å²) < 4.78 is 29.1. The van der Waals surface area contributed by atoms with Gasteiger partial charge in [0.05, 0.1) is 11.2 Å². The molecular weight excluding hydrogens is 380 g/mol. The Balaban J connectivity index is 1.45. The minimum Gasteiger partial charge on any atom is -0.351 e. The molecule has 8 nitrogen and oxygen atoms in total. The number of amides is 1. The molecule has 152 valence electrons. The van der Waals surface area contributed by atoms with E-state index in [0.29, 0.717) is 12.0 Å². The number of fused-ring (bicyclic) bond motifs is 3. The van der Waals surface area contributed by atoms with Gasteiger partial charge in [0, 0.05) is 32.4 Å². The molecule has 2 N–H and O–H groups in total. The van der Waals surface area contributed by atoms with Gasteiger partial charge in [0.2, 0.25) is 0 Å². The van der Waals surface area contributed by atoms with Crippen LogP contribution in [0.2, 0.25) is 0 Å². The van der Waals surface area contributed by atoms with Gasteiger partial charge in [-0.3, -0.25) is 9.48 Å². The van der Waals surface area contributed by atoms with Gasteiger partial charge in [0.15, 0.2) is 5.69 Å². The highest BCUT2D eigenvalue weighted by atomic mass is 19.3. The number of aromatic nitrogens is 4. The fraction of sp³-hybridized carbons (Fsp3) is 0.421. The number of alkyl halides is 2. The molecule has 0 saturated carbocycles. The van der Waals surface area contributed by atoms with E-state index in [2.05, 4.69) is 25.7 Å². The summed E-state index contributed by atoms with van der Waals surface area (Å²) in [5.74, 6) is 0.914. The molecule has 0 aromatic carbocycles. The Morgan fingerprint density at radius 3 is 2.86 bits per heavy atom. The van der Waals surface area contributed by atoms with Gasteiger partial charge in [-0.25, -0.2) is 13.3 Å². The quantitative estimate of drug-likeness (QED) is 0.700. The second-order valence-electron chi connectivity index (χ2n) is 7.67. The molecule has 10 heteroatoms. The van der Waals surface area contributed by atoms with Gasteiger partial charge in [0.1, 0.15) is 11.5 Å². The predicted molar refractivity (Wildman–Crippen MR) is 103 cm³/mol. The second kappa shape index (κ2) is 6.80. The lowest BCUT2D eigenvalue weighted by Crippen LogP contribution is -2.39. The zero-order valence-corrected chi connectivity index (χ0v) is 15.8. The monoisotopic (exact) mass is 401 g/mol. The van der Waals surface area contributed by atoms with Gasteiger partial charge in [0.25, 0.3) is 12.3 Å². The number of anilines is 2. The van der Waals surface area contributed by atoms with E-state index in [4.69, 9.17) is 0 Å². The molecule has 2 unspecified atom stereocenters. The van der Waals surface area contributed by atoms with Crippen molar-refractivity contribution in [3.63, 3.8) is 0 Å². The number of nitrogens with one attached hydrogen (secondary N) is 2. The van der Waals surface area contributed by atoms with Gasteiger partial charge in [-0.2, -0.15) is 5.10 Å². The number of carbonyl (C=O) groups is 1. The number of rotatable bonds is 4. The Bertz CT molecular complexity index is 1080. The van der Waals surface area contributed by atoms with Gasteiger partial charge in [-0.1, -0.05) is 0 Å². The van der Waals surface area contributed by atoms with E-state index < -0.39 is 18.0 Å². The summed E-state index contributed by atoms with van der Waals surface area (Å²) in [6.07, 6.45) is -0.266. The fourth-order valence-corrected chi connectivity index (χ4v) is 4.34. The highest BCUT2D eigenvalue weighted by Crippen LogP contribution is 2.30. The van der Waals surface area contributed by atoms with Crippen LogP contribution >= 0.6 is 0 Å². The van der Waals surface area contributed by atoms with Crippen LogP contribution in [-0.4, -0.2) is 51.0 Å². The van der Waals surface area contributed by atoms with E-state index in [9.17, 15) is 13.6 Å². The lowest BCUT2D eigenvalue weighted by atomic mass is 10.0. The SMILES string of the molecule is Cn1cc(NC(=O)c2ccc3ccc(N4CC5CNCC4C5)nn23)c(C(F)F)n1. The Labute approximate surface area is 165 Å². The molecule has 5 heterocycles. The number of nitrogens with zero attached hydrogens (tertiary/aromatic N) is 5. The molecule has 2 fully saturated rings. The molecule has 29 heavy (non-hydrogen) atoms. The number of carbonyl (C=O) groups excluding carboxylic acids is 1. The molecule has 0 radical (unpaired) electrons. The molecular formula is C19H21F2N7O. The molecule has 0 aliphatic carbocycles. The standard InChI is InChI=1S/C19H21F2N7O/c1-26-10-14(17(25-26)18(20)21)23-19(29)15-4-2-12-3-5-16(24-28(12)15)27-9-11-6-13(27)8-22-7-11/h2-5,10-11,13,18,22H,6-9H2,1H3,(H,23,29). The first kappa shape index (κ1) is 18.0. The van der Waals surface area contributed by atoms with Crippen molar-refractivity contribution in [1.29, 1.82) is 0 Å². The normalized spacial score (nSPS) is 21.3. The summed E-state index contributed by atoms with van der Waals surface area (Å²) >= 11 is 0. The largest absolute Gasteiger partial charge is 0.351 e. The minimum atomic E-state index is -2.77. The van der Waals surface area contributed by atoms with Crippen LogP contribution in [-0.2, 0) is 7.05 Å². The molecule has 3 aromatic heterocycles. The van der Waals surface area contributed by atoms with E-state index >= 15 is 0 Å². The number of hydrogen-bond acceptors (Lipinski definition) is 5. The first-order chi connectivity index (χ1) is 14.0. The van der Waals surface area contributed by atoms with Crippen LogP contribution in [0.3, 0.4) is 0 Å². The third-order valence-corrected chi connectivity index (χ3v) is 5.64. The highest BCUT2D eigenvalue weighted by Gasteiger charge is 2.36. The maximum absolute atomic E-state index is 13.2. The van der Waals surface area contributed by atoms with Gasteiger partial charge in [-0.05, 0) is 43.1 Å². The summed E-state index contributed by atoms with van der Waals surface area (Å²) in [5.41, 5.74) is 0.593. The number of halogens is 2. The molecule has 5 rings (SSSR count). The van der Waals surface area contributed by atoms with Gasteiger partial charge < -0.3 is 15.5 Å². The fourth-order valence-electron chi connectivity index (χ4n) is 4.34. The van der Waals surface area contributed by atoms with Crippen molar-refractivity contribution in [3.05, 3.63) is 41.9 Å². The average Bonchev–Trinajstić information content (AvgIpc) is 3.36. The lowest BCUT2D eigenvalue weighted by molar-refractivity contribution is 0.101. The molecule has 3 aromatic rings. The predicted octanol–water partition coefficient (Wildman–Crippen LogP) is 2.06. The Morgan fingerprint density at radius 1 is 1.24 bits per heavy atom. The van der Waals surface area contributed by atoms with Crippen LogP contribution in [0.15, 0.2) is 30.5 Å². The summed E-state index contributed by atoms with van der Waals surface area (Å²) in [6, 6.07) is 7.71. The minimum absolute atomic E-state index is 0.00183. The lowest BCUT2D eigenvalue weighted by Gasteiger charge is -2.25. The Kier molecular flexibility index (Phi) is 4.23. The maximum atomic E-state index is 13.2. The van der Waals surface area contributed by atoms with Crippen LogP contribution in [0.4, 0.5) is 20.3 Å². The number of aryl methyl sites for hydroxylation is 1. The molecule has 2 atom stereocenters. The topological polar surface area (TPSA) is 79.5 Å². The van der Waals surface area contributed by atoms with E-state index in [-0.39, 0.29) is 11.4 Å². The molecule has 2 aliphatic rings. The molecule has 2 saturated heterocycles. The second-order valence-corrected chi connectivity index (χ2v) is 7.67. The van der Waals surface area contributed by atoms with Crippen molar-refractivity contribution in [1.82, 2.24) is 24.7 Å². The van der Waals surface area contributed by atoms with Crippen LogP contribution in [0, 0.1) is 5.92 Å². The van der Waals surface area contributed by atoms with E-state index in [0.717, 1.165) is 37.4 Å². The maximum Gasteiger partial charge on any atom is 0.284 e. The van der Waals surface area contributed by atoms with Crippen molar-refractivity contribution in [2.24, 2.45) is 13.0 Å². The molecule has 1 amide bonds. The van der Waals surface area contributed by atoms with Crippen molar-refractivity contribution in [2.75, 3.05) is 29.9 Å². The van der Waals surface area contributed by atoms with E-state index in [1.165, 1.54) is 17.9 Å². The summed E-state index contributed by atoms with van der Waals surface area (Å²) in [4.78, 5) is 15.1. The summed E-state index contributed by atoms with van der Waals surface area (Å²) in [7, 11) is 1.53. The number of piperidine rings is 1. The zero-order valence-electron chi connectivity index (χ0n) is 15.8. The highest BCUT2D eigenvalue weighted by molar-refractivity contribution is 6.04. The van der Waals surface area contributed by atoms with Crippen LogP contribution in [0.1, 0.15) is 29.0 Å². The van der Waals surface area contributed by atoms with Crippen LogP contribution in [0.25, 0.3) is 5.52 Å². The van der Waals surface area contributed by atoms with Gasteiger partial charge in [-0.15, -0.1) is 5.10 Å². The third kappa shape index (κ3) is 3.13. The van der Waals surface area contributed by atoms with E-state index in [1.807, 2.05) is 12.1 Å². The molecule has 0 spiro atoms. The molecule has 2 aliphatic heterocycles. The Hall–Kier alpha value is -3.01. The first-order valence-electron chi connectivity index (χ1n) is 9.59. The summed E-state index contributed by atoms with van der Waals surface area (Å²) in [6.45, 7) is 2.88.